The van der Waals surface area contributed by atoms with E-state index in [0.29, 0.717) is 24.9 Å². The Morgan fingerprint density at radius 1 is 1.07 bits per heavy atom. The van der Waals surface area contributed by atoms with Crippen molar-refractivity contribution in [3.05, 3.63) is 35.9 Å². The van der Waals surface area contributed by atoms with Crippen molar-refractivity contribution in [3.63, 3.8) is 0 Å². The number of likely N-dealkylation sites (tertiary alicyclic amines) is 1. The zero-order valence-electron chi connectivity index (χ0n) is 16.9. The Bertz CT molecular complexity index is 813. The molecule has 0 radical (unpaired) electrons. The highest BCUT2D eigenvalue weighted by Gasteiger charge is 2.37. The number of carbonyl (C=O) groups excluding carboxylic acids is 4. The molecule has 1 aromatic rings. The fourth-order valence-electron chi connectivity index (χ4n) is 3.13. The lowest BCUT2D eigenvalue weighted by molar-refractivity contribution is -0.144. The quantitative estimate of drug-likeness (QED) is 0.448. The highest BCUT2D eigenvalue weighted by Crippen LogP contribution is 2.18. The summed E-state index contributed by atoms with van der Waals surface area (Å²) in [5.74, 6) is -3.10. The van der Waals surface area contributed by atoms with Gasteiger partial charge in [-0.25, -0.2) is 0 Å². The molecule has 0 unspecified atom stereocenters. The summed E-state index contributed by atoms with van der Waals surface area (Å²) in [6.45, 7) is 2.87. The smallest absolute Gasteiger partial charge is 0.325 e. The summed E-state index contributed by atoms with van der Waals surface area (Å²) >= 11 is 0. The van der Waals surface area contributed by atoms with Crippen LogP contribution in [-0.2, 0) is 19.2 Å². The number of hydrogen-bond donors (Lipinski definition) is 4. The maximum atomic E-state index is 12.7. The number of carboxylic acids is 1. The molecule has 2 rings (SSSR count). The average molecular weight is 418 g/mol. The molecular formula is C20H26N4O6. The Morgan fingerprint density at radius 2 is 1.73 bits per heavy atom. The van der Waals surface area contributed by atoms with Gasteiger partial charge in [0.15, 0.2) is 0 Å². The third-order valence-electron chi connectivity index (χ3n) is 4.76. The molecule has 0 saturated carbocycles. The molecule has 1 aliphatic rings. The van der Waals surface area contributed by atoms with Crippen LogP contribution >= 0.6 is 0 Å². The molecule has 1 saturated heterocycles. The number of carbonyl (C=O) groups is 5. The molecule has 3 atom stereocenters. The number of carboxylic acid groups (broad SMARTS) is 1. The minimum atomic E-state index is -1.17. The van der Waals surface area contributed by atoms with Gasteiger partial charge in [0.1, 0.15) is 18.1 Å². The van der Waals surface area contributed by atoms with Crippen LogP contribution in [0, 0.1) is 0 Å². The minimum Gasteiger partial charge on any atom is -0.480 e. The van der Waals surface area contributed by atoms with Gasteiger partial charge in [-0.3, -0.25) is 24.0 Å². The third-order valence-corrected chi connectivity index (χ3v) is 4.76. The second-order valence-electron chi connectivity index (χ2n) is 7.10. The molecule has 1 fully saturated rings. The summed E-state index contributed by atoms with van der Waals surface area (Å²) in [7, 11) is 0. The van der Waals surface area contributed by atoms with Crippen molar-refractivity contribution >= 4 is 29.6 Å². The maximum Gasteiger partial charge on any atom is 0.325 e. The van der Waals surface area contributed by atoms with Gasteiger partial charge in [0.25, 0.3) is 5.91 Å². The van der Waals surface area contributed by atoms with E-state index >= 15 is 0 Å². The van der Waals surface area contributed by atoms with Crippen molar-refractivity contribution in [3.8, 4) is 0 Å². The molecule has 0 aromatic heterocycles. The molecule has 0 bridgehead atoms. The fourth-order valence-corrected chi connectivity index (χ4v) is 3.13. The Morgan fingerprint density at radius 3 is 2.37 bits per heavy atom. The number of benzene rings is 1. The van der Waals surface area contributed by atoms with Crippen molar-refractivity contribution < 1.29 is 29.1 Å². The number of rotatable bonds is 8. The van der Waals surface area contributed by atoms with Gasteiger partial charge >= 0.3 is 5.97 Å². The molecule has 0 aliphatic carbocycles. The molecule has 1 aromatic carbocycles. The topological polar surface area (TPSA) is 145 Å². The largest absolute Gasteiger partial charge is 0.480 e. The van der Waals surface area contributed by atoms with Crippen LogP contribution < -0.4 is 16.0 Å². The monoisotopic (exact) mass is 418 g/mol. The predicted molar refractivity (Wildman–Crippen MR) is 106 cm³/mol. The average Bonchev–Trinajstić information content (AvgIpc) is 3.21. The van der Waals surface area contributed by atoms with E-state index in [1.807, 2.05) is 0 Å². The summed E-state index contributed by atoms with van der Waals surface area (Å²) in [4.78, 5) is 61.4. The van der Waals surface area contributed by atoms with Crippen molar-refractivity contribution in [1.82, 2.24) is 20.9 Å². The van der Waals surface area contributed by atoms with Gasteiger partial charge in [-0.15, -0.1) is 0 Å². The molecule has 162 valence electrons. The summed E-state index contributed by atoms with van der Waals surface area (Å²) in [6, 6.07) is 5.65. The van der Waals surface area contributed by atoms with Crippen LogP contribution in [0.5, 0.6) is 0 Å². The summed E-state index contributed by atoms with van der Waals surface area (Å²) in [5.41, 5.74) is 0.413. The predicted octanol–water partition coefficient (Wildman–Crippen LogP) is -0.499. The number of nitrogens with zero attached hydrogens (tertiary/aromatic N) is 1. The standard InChI is InChI=1S/C20H26N4O6/c1-12(22-16(25)11-21-17(26)14-7-4-3-5-8-14)19(28)24-10-6-9-15(24)18(27)23-13(2)20(29)30/h3-5,7-8,12-13,15H,6,9-11H2,1-2H3,(H,21,26)(H,22,25)(H,23,27)(H,29,30)/t12-,13-,15-/m0/s1. The number of aliphatic carboxylic acids is 1. The molecule has 10 nitrogen and oxygen atoms in total. The van der Waals surface area contributed by atoms with Crippen molar-refractivity contribution in [2.45, 2.75) is 44.8 Å². The number of nitrogens with one attached hydrogen (secondary N) is 3. The molecule has 4 N–H and O–H groups in total. The van der Waals surface area contributed by atoms with Crippen LogP contribution in [0.3, 0.4) is 0 Å². The molecule has 4 amide bonds. The van der Waals surface area contributed by atoms with Crippen molar-refractivity contribution in [2.24, 2.45) is 0 Å². The first-order valence-corrected chi connectivity index (χ1v) is 9.67. The first kappa shape index (κ1) is 22.9. The Hall–Kier alpha value is -3.43. The Balaban J connectivity index is 1.86. The molecular weight excluding hydrogens is 392 g/mol. The van der Waals surface area contributed by atoms with Gasteiger partial charge in [0.05, 0.1) is 6.54 Å². The molecule has 30 heavy (non-hydrogen) atoms. The van der Waals surface area contributed by atoms with Crippen LogP contribution in [0.2, 0.25) is 0 Å². The minimum absolute atomic E-state index is 0.300. The molecule has 1 heterocycles. The SMILES string of the molecule is C[C@H](NC(=O)[C@@H]1CCCN1C(=O)[C@H](C)NC(=O)CNC(=O)c1ccccc1)C(=O)O. The van der Waals surface area contributed by atoms with E-state index in [-0.39, 0.29) is 6.54 Å². The van der Waals surface area contributed by atoms with E-state index in [4.69, 9.17) is 5.11 Å². The second kappa shape index (κ2) is 10.4. The lowest BCUT2D eigenvalue weighted by Gasteiger charge is -2.27. The van der Waals surface area contributed by atoms with Crippen LogP contribution in [-0.4, -0.2) is 70.8 Å². The van der Waals surface area contributed by atoms with Crippen LogP contribution in [0.25, 0.3) is 0 Å². The van der Waals surface area contributed by atoms with E-state index in [9.17, 15) is 24.0 Å². The van der Waals surface area contributed by atoms with Gasteiger partial charge in [-0.1, -0.05) is 18.2 Å². The van der Waals surface area contributed by atoms with E-state index in [1.165, 1.54) is 18.7 Å². The first-order valence-electron chi connectivity index (χ1n) is 9.67. The third kappa shape index (κ3) is 6.03. The highest BCUT2D eigenvalue weighted by molar-refractivity contribution is 5.97. The van der Waals surface area contributed by atoms with Gasteiger partial charge in [-0.2, -0.15) is 0 Å². The summed E-state index contributed by atoms with van der Waals surface area (Å²) < 4.78 is 0. The number of hydrogen-bond acceptors (Lipinski definition) is 5. The molecule has 10 heteroatoms. The lowest BCUT2D eigenvalue weighted by Crippen LogP contribution is -2.54. The van der Waals surface area contributed by atoms with Gasteiger partial charge < -0.3 is 26.0 Å². The van der Waals surface area contributed by atoms with E-state index in [1.54, 1.807) is 30.3 Å². The van der Waals surface area contributed by atoms with Crippen LogP contribution in [0.4, 0.5) is 0 Å². The van der Waals surface area contributed by atoms with E-state index in [2.05, 4.69) is 16.0 Å². The highest BCUT2D eigenvalue weighted by atomic mass is 16.4. The lowest BCUT2D eigenvalue weighted by atomic mass is 10.1. The Labute approximate surface area is 174 Å². The van der Waals surface area contributed by atoms with Gasteiger partial charge in [0.2, 0.25) is 17.7 Å². The van der Waals surface area contributed by atoms with Crippen molar-refractivity contribution in [1.29, 1.82) is 0 Å². The summed E-state index contributed by atoms with van der Waals surface area (Å²) in [6.07, 6.45) is 1.01. The normalized spacial score (nSPS) is 17.5. The van der Waals surface area contributed by atoms with E-state index in [0.717, 1.165) is 0 Å². The zero-order valence-corrected chi connectivity index (χ0v) is 16.9. The van der Waals surface area contributed by atoms with E-state index < -0.39 is 47.7 Å². The molecule has 1 aliphatic heterocycles. The zero-order chi connectivity index (χ0) is 22.3. The maximum absolute atomic E-state index is 12.7. The summed E-state index contributed by atoms with van der Waals surface area (Å²) in [5, 5.41) is 16.3. The molecule has 0 spiro atoms. The van der Waals surface area contributed by atoms with Gasteiger partial charge in [-0.05, 0) is 38.8 Å². The van der Waals surface area contributed by atoms with Crippen molar-refractivity contribution in [2.75, 3.05) is 13.1 Å². The fraction of sp³-hybridized carbons (Fsp3) is 0.450. The first-order chi connectivity index (χ1) is 14.2. The number of amides is 4. The van der Waals surface area contributed by atoms with Gasteiger partial charge in [0, 0.05) is 12.1 Å². The van der Waals surface area contributed by atoms with Crippen LogP contribution in [0.15, 0.2) is 30.3 Å². The second-order valence-corrected chi connectivity index (χ2v) is 7.10. The Kier molecular flexibility index (Phi) is 7.90. The van der Waals surface area contributed by atoms with Crippen LogP contribution in [0.1, 0.15) is 37.0 Å².